The number of amides is 1. The van der Waals surface area contributed by atoms with E-state index in [4.69, 9.17) is 9.47 Å². The number of halogens is 1. The maximum Gasteiger partial charge on any atom is 0.251 e. The number of nitrogens with one attached hydrogen (secondary N) is 1. The number of carbonyl (C=O) groups excluding carboxylic acids is 1. The third kappa shape index (κ3) is 3.25. The first-order valence-electron chi connectivity index (χ1n) is 7.09. The van der Waals surface area contributed by atoms with E-state index < -0.39 is 0 Å². The van der Waals surface area contributed by atoms with Gasteiger partial charge in [0.15, 0.2) is 11.5 Å². The Bertz CT molecular complexity index is 702. The molecule has 0 aliphatic carbocycles. The van der Waals surface area contributed by atoms with Crippen molar-refractivity contribution in [3.63, 3.8) is 0 Å². The fourth-order valence-electron chi connectivity index (χ4n) is 2.32. The van der Waals surface area contributed by atoms with Gasteiger partial charge in [0.1, 0.15) is 13.2 Å². The highest BCUT2D eigenvalue weighted by atomic mass is 79.9. The Morgan fingerprint density at radius 2 is 1.91 bits per heavy atom. The Hall–Kier alpha value is -2.01. The lowest BCUT2D eigenvalue weighted by Gasteiger charge is -2.19. The first-order chi connectivity index (χ1) is 10.6. The first kappa shape index (κ1) is 14.9. The first-order valence-corrected chi connectivity index (χ1v) is 7.89. The molecule has 0 saturated carbocycles. The summed E-state index contributed by atoms with van der Waals surface area (Å²) in [6.07, 6.45) is 0. The second-order valence-corrected chi connectivity index (χ2v) is 6.02. The fraction of sp³-hybridized carbons (Fsp3) is 0.235. The summed E-state index contributed by atoms with van der Waals surface area (Å²) >= 11 is 3.44. The molecule has 1 amide bonds. The molecule has 2 aromatic rings. The molecule has 0 radical (unpaired) electrons. The number of rotatable bonds is 3. The molecule has 0 saturated heterocycles. The highest BCUT2D eigenvalue weighted by Gasteiger charge is 2.16. The zero-order chi connectivity index (χ0) is 15.5. The molecule has 5 heteroatoms. The summed E-state index contributed by atoms with van der Waals surface area (Å²) in [5, 5.41) is 2.99. The van der Waals surface area contributed by atoms with Crippen LogP contribution < -0.4 is 14.8 Å². The largest absolute Gasteiger partial charge is 0.486 e. The molecule has 1 N–H and O–H groups in total. The number of hydrogen-bond acceptors (Lipinski definition) is 3. The second kappa shape index (κ2) is 6.40. The van der Waals surface area contributed by atoms with Crippen LogP contribution in [0.15, 0.2) is 46.9 Å². The van der Waals surface area contributed by atoms with E-state index in [1.807, 2.05) is 31.2 Å². The van der Waals surface area contributed by atoms with Gasteiger partial charge in [-0.2, -0.15) is 0 Å². The number of carbonyl (C=O) groups is 1. The predicted molar refractivity (Wildman–Crippen MR) is 87.5 cm³/mol. The quantitative estimate of drug-likeness (QED) is 0.906. The molecule has 2 aromatic carbocycles. The van der Waals surface area contributed by atoms with Crippen molar-refractivity contribution >= 4 is 21.8 Å². The summed E-state index contributed by atoms with van der Waals surface area (Å²) < 4.78 is 12.0. The van der Waals surface area contributed by atoms with Crippen molar-refractivity contribution in [2.45, 2.75) is 13.0 Å². The molecular formula is C17H16BrNO3. The van der Waals surface area contributed by atoms with Gasteiger partial charge in [-0.3, -0.25) is 4.79 Å². The van der Waals surface area contributed by atoms with E-state index in [1.54, 1.807) is 18.2 Å². The number of fused-ring (bicyclic) bond motifs is 1. The third-order valence-corrected chi connectivity index (χ3v) is 3.99. The molecule has 0 bridgehead atoms. The fourth-order valence-corrected chi connectivity index (χ4v) is 2.74. The summed E-state index contributed by atoms with van der Waals surface area (Å²) in [7, 11) is 0. The van der Waals surface area contributed by atoms with Gasteiger partial charge in [0.2, 0.25) is 0 Å². The molecule has 22 heavy (non-hydrogen) atoms. The van der Waals surface area contributed by atoms with Gasteiger partial charge in [0.05, 0.1) is 6.04 Å². The minimum absolute atomic E-state index is 0.0850. The van der Waals surface area contributed by atoms with Crippen molar-refractivity contribution in [2.24, 2.45) is 0 Å². The van der Waals surface area contributed by atoms with Crippen LogP contribution in [0.1, 0.15) is 28.9 Å². The second-order valence-electron chi connectivity index (χ2n) is 5.11. The SMILES string of the molecule is C[C@H](NC(=O)c1ccc2c(c1)OCCO2)c1cccc(Br)c1. The zero-order valence-electron chi connectivity index (χ0n) is 12.1. The summed E-state index contributed by atoms with van der Waals surface area (Å²) in [5.41, 5.74) is 1.60. The molecule has 3 rings (SSSR count). The molecule has 1 aliphatic rings. The minimum Gasteiger partial charge on any atom is -0.486 e. The number of benzene rings is 2. The average Bonchev–Trinajstić information content (AvgIpc) is 2.54. The van der Waals surface area contributed by atoms with Crippen LogP contribution in [0.2, 0.25) is 0 Å². The van der Waals surface area contributed by atoms with E-state index in [-0.39, 0.29) is 11.9 Å². The van der Waals surface area contributed by atoms with Crippen molar-refractivity contribution in [3.05, 3.63) is 58.1 Å². The van der Waals surface area contributed by atoms with Gasteiger partial charge in [-0.15, -0.1) is 0 Å². The van der Waals surface area contributed by atoms with E-state index in [2.05, 4.69) is 21.2 Å². The van der Waals surface area contributed by atoms with Crippen LogP contribution in [0.3, 0.4) is 0 Å². The van der Waals surface area contributed by atoms with E-state index in [0.717, 1.165) is 10.0 Å². The molecule has 4 nitrogen and oxygen atoms in total. The van der Waals surface area contributed by atoms with Crippen LogP contribution in [0.4, 0.5) is 0 Å². The highest BCUT2D eigenvalue weighted by Crippen LogP contribution is 2.30. The molecule has 1 aliphatic heterocycles. The van der Waals surface area contributed by atoms with Crippen LogP contribution in [0.25, 0.3) is 0 Å². The zero-order valence-corrected chi connectivity index (χ0v) is 13.7. The van der Waals surface area contributed by atoms with Crippen LogP contribution in [0.5, 0.6) is 11.5 Å². The van der Waals surface area contributed by atoms with Crippen LogP contribution in [-0.2, 0) is 0 Å². The lowest BCUT2D eigenvalue weighted by molar-refractivity contribution is 0.0938. The molecule has 0 spiro atoms. The Balaban J connectivity index is 1.74. The maximum absolute atomic E-state index is 12.4. The average molecular weight is 362 g/mol. The van der Waals surface area contributed by atoms with Gasteiger partial charge in [0.25, 0.3) is 5.91 Å². The summed E-state index contributed by atoms with van der Waals surface area (Å²) in [5.74, 6) is 1.17. The molecule has 114 valence electrons. The van der Waals surface area contributed by atoms with Crippen LogP contribution >= 0.6 is 15.9 Å². The monoisotopic (exact) mass is 361 g/mol. The maximum atomic E-state index is 12.4. The molecule has 0 unspecified atom stereocenters. The normalized spacial score (nSPS) is 14.3. The summed E-state index contributed by atoms with van der Waals surface area (Å²) in [6, 6.07) is 13.0. The Labute approximate surface area is 137 Å². The molecular weight excluding hydrogens is 346 g/mol. The Morgan fingerprint density at radius 3 is 2.68 bits per heavy atom. The number of hydrogen-bond donors (Lipinski definition) is 1. The Morgan fingerprint density at radius 1 is 1.14 bits per heavy atom. The van der Waals surface area contributed by atoms with Crippen molar-refractivity contribution in [1.82, 2.24) is 5.32 Å². The van der Waals surface area contributed by atoms with Crippen molar-refractivity contribution in [3.8, 4) is 11.5 Å². The van der Waals surface area contributed by atoms with E-state index in [1.165, 1.54) is 0 Å². The molecule has 0 aromatic heterocycles. The molecule has 0 fully saturated rings. The predicted octanol–water partition coefficient (Wildman–Crippen LogP) is 3.71. The standard InChI is InChI=1S/C17H16BrNO3/c1-11(12-3-2-4-14(18)9-12)19-17(20)13-5-6-15-16(10-13)22-8-7-21-15/h2-6,9-11H,7-8H2,1H3,(H,19,20)/t11-/m0/s1. The van der Waals surface area contributed by atoms with Crippen molar-refractivity contribution in [2.75, 3.05) is 13.2 Å². The van der Waals surface area contributed by atoms with Gasteiger partial charge in [-0.25, -0.2) is 0 Å². The van der Waals surface area contributed by atoms with E-state index >= 15 is 0 Å². The smallest absolute Gasteiger partial charge is 0.251 e. The van der Waals surface area contributed by atoms with Crippen molar-refractivity contribution in [1.29, 1.82) is 0 Å². The van der Waals surface area contributed by atoms with Crippen LogP contribution in [0, 0.1) is 0 Å². The third-order valence-electron chi connectivity index (χ3n) is 3.50. The van der Waals surface area contributed by atoms with Gasteiger partial charge in [-0.05, 0) is 42.8 Å². The minimum atomic E-state index is -0.135. The van der Waals surface area contributed by atoms with E-state index in [9.17, 15) is 4.79 Å². The molecule has 1 atom stereocenters. The lowest BCUT2D eigenvalue weighted by atomic mass is 10.1. The van der Waals surface area contributed by atoms with Gasteiger partial charge in [0, 0.05) is 10.0 Å². The summed E-state index contributed by atoms with van der Waals surface area (Å²) in [4.78, 5) is 12.4. The van der Waals surface area contributed by atoms with Crippen LogP contribution in [-0.4, -0.2) is 19.1 Å². The lowest BCUT2D eigenvalue weighted by Crippen LogP contribution is -2.27. The van der Waals surface area contributed by atoms with E-state index in [0.29, 0.717) is 30.3 Å². The topological polar surface area (TPSA) is 47.6 Å². The Kier molecular flexibility index (Phi) is 4.34. The molecule has 1 heterocycles. The van der Waals surface area contributed by atoms with Crippen molar-refractivity contribution < 1.29 is 14.3 Å². The van der Waals surface area contributed by atoms with Gasteiger partial charge < -0.3 is 14.8 Å². The highest BCUT2D eigenvalue weighted by molar-refractivity contribution is 9.10. The summed E-state index contributed by atoms with van der Waals surface area (Å²) in [6.45, 7) is 3.00. The van der Waals surface area contributed by atoms with Gasteiger partial charge in [-0.1, -0.05) is 28.1 Å². The number of ether oxygens (including phenoxy) is 2. The van der Waals surface area contributed by atoms with Gasteiger partial charge >= 0.3 is 0 Å².